The van der Waals surface area contributed by atoms with Gasteiger partial charge in [0.15, 0.2) is 0 Å². The van der Waals surface area contributed by atoms with Crippen LogP contribution in [0.2, 0.25) is 0 Å². The number of β-amino-alcohol motifs (C(OH)–C–C–N with tert-alkyl or cyclic N) is 1. The molecule has 2 unspecified atom stereocenters. The summed E-state index contributed by atoms with van der Waals surface area (Å²) in [7, 11) is 0. The average Bonchev–Trinajstić information content (AvgIpc) is 2.41. The number of amides is 1. The molecule has 6 heteroatoms. The van der Waals surface area contributed by atoms with E-state index >= 15 is 0 Å². The fourth-order valence-electron chi connectivity index (χ4n) is 2.46. The molecule has 0 radical (unpaired) electrons. The molecule has 2 atom stereocenters. The summed E-state index contributed by atoms with van der Waals surface area (Å²) in [6.45, 7) is 4.38. The zero-order valence-electron chi connectivity index (χ0n) is 11.6. The number of likely N-dealkylation sites (tertiary alicyclic amines) is 1. The molecule has 1 aliphatic rings. The molecule has 0 bridgehead atoms. The highest BCUT2D eigenvalue weighted by molar-refractivity contribution is 5.96. The summed E-state index contributed by atoms with van der Waals surface area (Å²) >= 11 is 0. The lowest BCUT2D eigenvalue weighted by Gasteiger charge is -2.34. The zero-order valence-corrected chi connectivity index (χ0v) is 11.6. The summed E-state index contributed by atoms with van der Waals surface area (Å²) in [5.41, 5.74) is 0.651. The molecule has 1 aromatic rings. The first kappa shape index (κ1) is 14.5. The third-order valence-corrected chi connectivity index (χ3v) is 3.94. The van der Waals surface area contributed by atoms with Gasteiger partial charge in [0, 0.05) is 30.3 Å². The summed E-state index contributed by atoms with van der Waals surface area (Å²) in [6.07, 6.45) is 0.202. The van der Waals surface area contributed by atoms with Gasteiger partial charge < -0.3 is 10.0 Å². The Morgan fingerprint density at radius 2 is 2.20 bits per heavy atom. The minimum atomic E-state index is -0.535. The molecule has 1 aromatic carbocycles. The van der Waals surface area contributed by atoms with Gasteiger partial charge in [-0.3, -0.25) is 14.9 Å². The predicted octanol–water partition coefficient (Wildman–Crippen LogP) is 1.75. The van der Waals surface area contributed by atoms with Crippen LogP contribution in [-0.4, -0.2) is 40.0 Å². The Balaban J connectivity index is 2.26. The second-order valence-corrected chi connectivity index (χ2v) is 5.29. The van der Waals surface area contributed by atoms with Crippen LogP contribution in [0.25, 0.3) is 0 Å². The van der Waals surface area contributed by atoms with E-state index in [0.29, 0.717) is 17.7 Å². The van der Waals surface area contributed by atoms with Gasteiger partial charge in [0.1, 0.15) is 0 Å². The molecule has 6 nitrogen and oxygen atoms in total. The number of nitro groups is 1. The molecule has 1 heterocycles. The van der Waals surface area contributed by atoms with Crippen LogP contribution in [0, 0.1) is 23.0 Å². The van der Waals surface area contributed by atoms with Gasteiger partial charge >= 0.3 is 0 Å². The number of nitrogens with zero attached hydrogens (tertiary/aromatic N) is 2. The third kappa shape index (κ3) is 2.65. The molecule has 1 fully saturated rings. The van der Waals surface area contributed by atoms with E-state index in [1.165, 1.54) is 12.1 Å². The van der Waals surface area contributed by atoms with Crippen LogP contribution in [0.3, 0.4) is 0 Å². The van der Waals surface area contributed by atoms with Crippen LogP contribution in [0.1, 0.15) is 29.3 Å². The summed E-state index contributed by atoms with van der Waals surface area (Å²) in [4.78, 5) is 24.4. The smallest absolute Gasteiger partial charge is 0.273 e. The first-order valence-corrected chi connectivity index (χ1v) is 6.63. The highest BCUT2D eigenvalue weighted by Gasteiger charge is 2.29. The van der Waals surface area contributed by atoms with Crippen LogP contribution in [-0.2, 0) is 0 Å². The zero-order chi connectivity index (χ0) is 14.9. The lowest BCUT2D eigenvalue weighted by atomic mass is 9.95. The first-order valence-electron chi connectivity index (χ1n) is 6.63. The maximum Gasteiger partial charge on any atom is 0.273 e. The fraction of sp³-hybridized carbons (Fsp3) is 0.500. The van der Waals surface area contributed by atoms with Gasteiger partial charge in [0.2, 0.25) is 0 Å². The Labute approximate surface area is 117 Å². The molecular formula is C14H18N2O4. The quantitative estimate of drug-likeness (QED) is 0.659. The number of piperidine rings is 1. The monoisotopic (exact) mass is 278 g/mol. The molecule has 0 saturated carbocycles. The second-order valence-electron chi connectivity index (χ2n) is 5.29. The van der Waals surface area contributed by atoms with E-state index in [1.54, 1.807) is 17.9 Å². The number of carbonyl (C=O) groups is 1. The number of aliphatic hydroxyl groups excluding tert-OH is 1. The molecule has 108 valence electrons. The maximum absolute atomic E-state index is 12.4. The van der Waals surface area contributed by atoms with Gasteiger partial charge in [-0.15, -0.1) is 0 Å². The van der Waals surface area contributed by atoms with Crippen molar-refractivity contribution in [3.8, 4) is 0 Å². The SMILES string of the molecule is Cc1c(C(=O)N2CCC(C)C(O)C2)cccc1[N+](=O)[O-]. The van der Waals surface area contributed by atoms with Gasteiger partial charge in [-0.25, -0.2) is 0 Å². The van der Waals surface area contributed by atoms with Crippen molar-refractivity contribution in [2.24, 2.45) is 5.92 Å². The average molecular weight is 278 g/mol. The number of hydrogen-bond donors (Lipinski definition) is 1. The van der Waals surface area contributed by atoms with E-state index in [2.05, 4.69) is 0 Å². The van der Waals surface area contributed by atoms with Gasteiger partial charge in [0.05, 0.1) is 11.0 Å². The highest BCUT2D eigenvalue weighted by atomic mass is 16.6. The lowest BCUT2D eigenvalue weighted by Crippen LogP contribution is -2.46. The Bertz CT molecular complexity index is 544. The first-order chi connectivity index (χ1) is 9.41. The minimum Gasteiger partial charge on any atom is -0.391 e. The molecule has 1 aliphatic heterocycles. The van der Waals surface area contributed by atoms with Crippen molar-refractivity contribution in [3.05, 3.63) is 39.4 Å². The standard InChI is InChI=1S/C14H18N2O4/c1-9-6-7-15(8-13(9)17)14(18)11-4-3-5-12(10(11)2)16(19)20/h3-5,9,13,17H,6-8H2,1-2H3. The molecule has 1 saturated heterocycles. The fourth-order valence-corrected chi connectivity index (χ4v) is 2.46. The lowest BCUT2D eigenvalue weighted by molar-refractivity contribution is -0.385. The van der Waals surface area contributed by atoms with Crippen molar-refractivity contribution in [1.29, 1.82) is 0 Å². The van der Waals surface area contributed by atoms with Gasteiger partial charge in [-0.1, -0.05) is 13.0 Å². The summed E-state index contributed by atoms with van der Waals surface area (Å²) in [5.74, 6) is -0.0811. The minimum absolute atomic E-state index is 0.0539. The topological polar surface area (TPSA) is 83.7 Å². The molecule has 0 aliphatic carbocycles. The van der Waals surface area contributed by atoms with Crippen molar-refractivity contribution < 1.29 is 14.8 Å². The molecule has 0 aromatic heterocycles. The van der Waals surface area contributed by atoms with Gasteiger partial charge in [-0.05, 0) is 25.3 Å². The van der Waals surface area contributed by atoms with E-state index in [0.717, 1.165) is 6.42 Å². The van der Waals surface area contributed by atoms with Crippen LogP contribution < -0.4 is 0 Å². The second kappa shape index (κ2) is 5.58. The van der Waals surface area contributed by atoms with Crippen LogP contribution in [0.15, 0.2) is 18.2 Å². The van der Waals surface area contributed by atoms with Crippen molar-refractivity contribution in [2.45, 2.75) is 26.4 Å². The Morgan fingerprint density at radius 1 is 1.50 bits per heavy atom. The van der Waals surface area contributed by atoms with Crippen molar-refractivity contribution >= 4 is 11.6 Å². The third-order valence-electron chi connectivity index (χ3n) is 3.94. The maximum atomic E-state index is 12.4. The highest BCUT2D eigenvalue weighted by Crippen LogP contribution is 2.24. The van der Waals surface area contributed by atoms with Crippen LogP contribution in [0.4, 0.5) is 5.69 Å². The van der Waals surface area contributed by atoms with Gasteiger partial charge in [-0.2, -0.15) is 0 Å². The Morgan fingerprint density at radius 3 is 2.80 bits per heavy atom. The van der Waals surface area contributed by atoms with Crippen molar-refractivity contribution in [3.63, 3.8) is 0 Å². The van der Waals surface area contributed by atoms with E-state index in [9.17, 15) is 20.0 Å². The summed E-state index contributed by atoms with van der Waals surface area (Å²) < 4.78 is 0. The van der Waals surface area contributed by atoms with Gasteiger partial charge in [0.25, 0.3) is 11.6 Å². The number of nitro benzene ring substituents is 1. The number of rotatable bonds is 2. The van der Waals surface area contributed by atoms with Crippen LogP contribution in [0.5, 0.6) is 0 Å². The predicted molar refractivity (Wildman–Crippen MR) is 73.5 cm³/mol. The van der Waals surface area contributed by atoms with Crippen LogP contribution >= 0.6 is 0 Å². The number of aliphatic hydroxyl groups is 1. The van der Waals surface area contributed by atoms with E-state index in [4.69, 9.17) is 0 Å². The summed E-state index contributed by atoms with van der Waals surface area (Å²) in [5, 5.41) is 20.8. The number of benzene rings is 1. The number of carbonyl (C=O) groups excluding carboxylic acids is 1. The molecule has 0 spiro atoms. The molecular weight excluding hydrogens is 260 g/mol. The van der Waals surface area contributed by atoms with E-state index in [1.807, 2.05) is 6.92 Å². The number of hydrogen-bond acceptors (Lipinski definition) is 4. The summed E-state index contributed by atoms with van der Waals surface area (Å²) in [6, 6.07) is 4.50. The van der Waals surface area contributed by atoms with Crippen molar-refractivity contribution in [1.82, 2.24) is 4.90 Å². The molecule has 20 heavy (non-hydrogen) atoms. The van der Waals surface area contributed by atoms with Crippen molar-refractivity contribution in [2.75, 3.05) is 13.1 Å². The molecule has 1 N–H and O–H groups in total. The normalized spacial score (nSPS) is 22.6. The Hall–Kier alpha value is -1.95. The van der Waals surface area contributed by atoms with E-state index in [-0.39, 0.29) is 24.1 Å². The Kier molecular flexibility index (Phi) is 4.04. The molecule has 2 rings (SSSR count). The molecule has 1 amide bonds. The van der Waals surface area contributed by atoms with E-state index < -0.39 is 11.0 Å². The largest absolute Gasteiger partial charge is 0.391 e.